The van der Waals surface area contributed by atoms with E-state index in [0.29, 0.717) is 17.8 Å². The Kier molecular flexibility index (Phi) is 80.9. The molecular formula is C12H29O2V2-3. The second kappa shape index (κ2) is 36.0. The van der Waals surface area contributed by atoms with E-state index in [0.717, 1.165) is 0 Å². The number of rotatable bonds is 0. The van der Waals surface area contributed by atoms with E-state index in [9.17, 15) is 0 Å². The van der Waals surface area contributed by atoms with Crippen LogP contribution in [0, 0.1) is 38.5 Å². The molecule has 0 rings (SSSR count). The molecule has 0 aliphatic rings. The maximum atomic E-state index is 6.00. The van der Waals surface area contributed by atoms with Crippen molar-refractivity contribution in [2.45, 2.75) is 41.5 Å². The van der Waals surface area contributed by atoms with Crippen LogP contribution in [0.15, 0.2) is 0 Å². The predicted molar refractivity (Wildman–Crippen MR) is 65.8 cm³/mol. The molecule has 0 fully saturated rings. The normalized spacial score (nSPS) is 7.12. The van der Waals surface area contributed by atoms with Crippen LogP contribution in [-0.2, 0) is 37.1 Å². The molecule has 0 aromatic heterocycles. The largest absolute Gasteiger partial charge is 0.341 e. The summed E-state index contributed by atoms with van der Waals surface area (Å²) in [5, 5.41) is 12.0. The molecule has 0 aromatic rings. The fraction of sp³-hybridized carbons (Fsp3) is 0.750. The van der Waals surface area contributed by atoms with Gasteiger partial charge in [-0.2, -0.15) is 17.8 Å². The first-order valence-electron chi connectivity index (χ1n) is 4.89. The van der Waals surface area contributed by atoms with Crippen LogP contribution in [-0.4, -0.2) is 10.5 Å². The maximum Gasteiger partial charge on any atom is 0 e. The van der Waals surface area contributed by atoms with Gasteiger partial charge in [0.2, 0.25) is 0 Å². The first kappa shape index (κ1) is 36.0. The molecule has 0 atom stereocenters. The van der Waals surface area contributed by atoms with Crippen LogP contribution in [0.2, 0.25) is 0 Å². The molecule has 2 N–H and O–H groups in total. The fourth-order valence-corrected chi connectivity index (χ4v) is 0. The molecule has 0 saturated carbocycles. The van der Waals surface area contributed by atoms with Gasteiger partial charge >= 0.3 is 0 Å². The minimum atomic E-state index is 0. The quantitative estimate of drug-likeness (QED) is 0.394. The Balaban J connectivity index is -0.0000000205. The molecule has 0 heterocycles. The Hall–Kier alpha value is 1.09. The molecule has 2 nitrogen and oxygen atoms in total. The predicted octanol–water partition coefficient (Wildman–Crippen LogP) is 4.44. The van der Waals surface area contributed by atoms with Crippen LogP contribution >= 0.6 is 0 Å². The monoisotopic (exact) mass is 307 g/mol. The third kappa shape index (κ3) is 2530. The first-order valence-corrected chi connectivity index (χ1v) is 4.89. The third-order valence-corrected chi connectivity index (χ3v) is 0. The minimum Gasteiger partial charge on any atom is -0.341 e. The van der Waals surface area contributed by atoms with E-state index in [1.165, 1.54) is 0 Å². The van der Waals surface area contributed by atoms with E-state index in [1.54, 1.807) is 0 Å². The SMILES string of the molecule is OO.[CH2-]C(C)C.[CH2-]C(C)C.[CH2-]C(C)C.[V].[V]. The molecule has 0 amide bonds. The third-order valence-electron chi connectivity index (χ3n) is 0. The molecule has 0 aromatic carbocycles. The summed E-state index contributed by atoms with van der Waals surface area (Å²) >= 11 is 0. The van der Waals surface area contributed by atoms with Gasteiger partial charge in [-0.15, -0.1) is 0 Å². The Morgan fingerprint density at radius 2 is 0.562 bits per heavy atom. The zero-order valence-electron chi connectivity index (χ0n) is 11.6. The van der Waals surface area contributed by atoms with Crippen molar-refractivity contribution in [1.29, 1.82) is 0 Å². The fourth-order valence-electron chi connectivity index (χ4n) is 0. The van der Waals surface area contributed by atoms with E-state index in [-0.39, 0.29) is 37.1 Å². The van der Waals surface area contributed by atoms with Gasteiger partial charge in [-0.25, -0.2) is 0 Å². The van der Waals surface area contributed by atoms with E-state index in [2.05, 4.69) is 62.3 Å². The Morgan fingerprint density at radius 3 is 0.562 bits per heavy atom. The molecule has 102 valence electrons. The maximum absolute atomic E-state index is 6.00. The number of hydrogen-bond acceptors (Lipinski definition) is 2. The molecule has 0 unspecified atom stereocenters. The average Bonchev–Trinajstić information content (AvgIpc) is 1.86. The van der Waals surface area contributed by atoms with E-state index in [1.807, 2.05) is 0 Å². The van der Waals surface area contributed by atoms with Crippen molar-refractivity contribution in [3.63, 3.8) is 0 Å². The summed E-state index contributed by atoms with van der Waals surface area (Å²) in [6, 6.07) is 0. The number of hydrogen-bond donors (Lipinski definition) is 2. The summed E-state index contributed by atoms with van der Waals surface area (Å²) in [7, 11) is 0. The summed E-state index contributed by atoms with van der Waals surface area (Å²) < 4.78 is 0. The van der Waals surface area contributed by atoms with Crippen LogP contribution < -0.4 is 0 Å². The molecule has 0 aliphatic heterocycles. The van der Waals surface area contributed by atoms with Crippen molar-refractivity contribution in [3.05, 3.63) is 20.8 Å². The van der Waals surface area contributed by atoms with Gasteiger partial charge in [-0.1, -0.05) is 41.5 Å². The zero-order chi connectivity index (χ0) is 12.7. The molecule has 0 saturated heterocycles. The van der Waals surface area contributed by atoms with E-state index >= 15 is 0 Å². The summed E-state index contributed by atoms with van der Waals surface area (Å²) in [6.45, 7) is 23.2. The van der Waals surface area contributed by atoms with Gasteiger partial charge in [0.25, 0.3) is 0 Å². The van der Waals surface area contributed by atoms with Gasteiger partial charge in [0, 0.05) is 37.1 Å². The topological polar surface area (TPSA) is 40.5 Å². The van der Waals surface area contributed by atoms with Crippen molar-refractivity contribution in [2.75, 3.05) is 0 Å². The van der Waals surface area contributed by atoms with Gasteiger partial charge in [0.1, 0.15) is 0 Å². The average molecular weight is 307 g/mol. The van der Waals surface area contributed by atoms with Crippen LogP contribution in [0.3, 0.4) is 0 Å². The molecule has 16 heavy (non-hydrogen) atoms. The molecule has 0 bridgehead atoms. The van der Waals surface area contributed by atoms with Crippen molar-refractivity contribution >= 4 is 0 Å². The van der Waals surface area contributed by atoms with Gasteiger partial charge in [-0.3, -0.25) is 10.5 Å². The van der Waals surface area contributed by atoms with Crippen LogP contribution in [0.4, 0.5) is 0 Å². The first-order chi connectivity index (χ1) is 6.20. The summed E-state index contributed by atoms with van der Waals surface area (Å²) in [6.07, 6.45) is 0. The molecular weight excluding hydrogens is 278 g/mol. The van der Waals surface area contributed by atoms with E-state index < -0.39 is 0 Å². The minimum absolute atomic E-state index is 0. The van der Waals surface area contributed by atoms with Crippen LogP contribution in [0.5, 0.6) is 0 Å². The second-order valence-electron chi connectivity index (χ2n) is 4.18. The van der Waals surface area contributed by atoms with Crippen LogP contribution in [0.25, 0.3) is 0 Å². The molecule has 0 spiro atoms. The van der Waals surface area contributed by atoms with E-state index in [4.69, 9.17) is 10.5 Å². The zero-order valence-corrected chi connectivity index (χ0v) is 14.4. The van der Waals surface area contributed by atoms with Crippen molar-refractivity contribution < 1.29 is 47.6 Å². The van der Waals surface area contributed by atoms with Crippen molar-refractivity contribution in [3.8, 4) is 0 Å². The summed E-state index contributed by atoms with van der Waals surface area (Å²) in [5.74, 6) is 1.75. The van der Waals surface area contributed by atoms with Gasteiger partial charge in [0.15, 0.2) is 0 Å². The molecule has 2 radical (unpaired) electrons. The van der Waals surface area contributed by atoms with Crippen molar-refractivity contribution in [1.82, 2.24) is 0 Å². The summed E-state index contributed by atoms with van der Waals surface area (Å²) in [5.41, 5.74) is 0. The second-order valence-corrected chi connectivity index (χ2v) is 4.18. The standard InChI is InChI=1S/3C4H9.H2O2.2V/c3*1-4(2)3;1-2;;/h3*4H,1H2,2-3H3;1-2H;;/q3*-1;;;. The van der Waals surface area contributed by atoms with Gasteiger partial charge in [-0.05, 0) is 0 Å². The van der Waals surface area contributed by atoms with Crippen molar-refractivity contribution in [2.24, 2.45) is 17.8 Å². The molecule has 0 aliphatic carbocycles. The Labute approximate surface area is 127 Å². The van der Waals surface area contributed by atoms with Gasteiger partial charge in [0.05, 0.1) is 0 Å². The Morgan fingerprint density at radius 1 is 0.562 bits per heavy atom. The Bertz CT molecular complexity index is 45.5. The molecule has 4 heteroatoms. The van der Waals surface area contributed by atoms with Gasteiger partial charge < -0.3 is 20.8 Å². The summed E-state index contributed by atoms with van der Waals surface area (Å²) in [4.78, 5) is 0. The smallest absolute Gasteiger partial charge is 0 e. The van der Waals surface area contributed by atoms with Crippen LogP contribution in [0.1, 0.15) is 41.5 Å².